The van der Waals surface area contributed by atoms with Crippen LogP contribution < -0.4 is 0 Å². The minimum absolute atomic E-state index is 0.723. The van der Waals surface area contributed by atoms with Crippen molar-refractivity contribution in [2.24, 2.45) is 0 Å². The number of Topliss-reactive ketones (excluding diaryl/α,β-unsaturated/α-hetero) is 2. The van der Waals surface area contributed by atoms with Crippen LogP contribution in [-0.2, 0) is 9.59 Å². The Kier molecular flexibility index (Phi) is 3.89. The molecule has 0 bridgehead atoms. The first-order chi connectivity index (χ1) is 6.55. The molecule has 0 amide bonds. The Hall–Kier alpha value is -1.08. The van der Waals surface area contributed by atoms with Gasteiger partial charge in [0.2, 0.25) is 5.78 Å². The maximum Gasteiger partial charge on any atom is 0.456 e. The standard InChI is InChI=1S/C7H6F6O2/c1-2-3(8)4(14)6(9,10)5(15)7(11,12)13/h3H,2H2,1H3. The largest absolute Gasteiger partial charge is 0.456 e. The lowest BCUT2D eigenvalue weighted by atomic mass is 10.0. The molecule has 0 saturated heterocycles. The van der Waals surface area contributed by atoms with Crippen LogP contribution in [0.1, 0.15) is 13.3 Å². The van der Waals surface area contributed by atoms with Crippen molar-refractivity contribution in [2.75, 3.05) is 0 Å². The van der Waals surface area contributed by atoms with Gasteiger partial charge >= 0.3 is 17.9 Å². The predicted octanol–water partition coefficient (Wildman–Crippen LogP) is 2.07. The molecule has 15 heavy (non-hydrogen) atoms. The van der Waals surface area contributed by atoms with Gasteiger partial charge in [0, 0.05) is 0 Å². The van der Waals surface area contributed by atoms with Crippen molar-refractivity contribution in [3.63, 3.8) is 0 Å². The van der Waals surface area contributed by atoms with Crippen molar-refractivity contribution in [1.29, 1.82) is 0 Å². The molecule has 0 aliphatic carbocycles. The first kappa shape index (κ1) is 13.9. The molecule has 0 aromatic rings. The van der Waals surface area contributed by atoms with Gasteiger partial charge < -0.3 is 0 Å². The van der Waals surface area contributed by atoms with E-state index >= 15 is 0 Å². The summed E-state index contributed by atoms with van der Waals surface area (Å²) < 4.78 is 72.1. The highest BCUT2D eigenvalue weighted by atomic mass is 19.4. The lowest BCUT2D eigenvalue weighted by Crippen LogP contribution is -2.48. The second kappa shape index (κ2) is 4.19. The van der Waals surface area contributed by atoms with Gasteiger partial charge in [0.15, 0.2) is 6.17 Å². The quantitative estimate of drug-likeness (QED) is 0.553. The van der Waals surface area contributed by atoms with E-state index in [1.165, 1.54) is 0 Å². The van der Waals surface area contributed by atoms with Crippen LogP contribution >= 0.6 is 0 Å². The zero-order valence-electron chi connectivity index (χ0n) is 7.37. The summed E-state index contributed by atoms with van der Waals surface area (Å²) in [4.78, 5) is 20.5. The molecule has 88 valence electrons. The van der Waals surface area contributed by atoms with Crippen molar-refractivity contribution in [1.82, 2.24) is 0 Å². The van der Waals surface area contributed by atoms with Crippen LogP contribution in [0.2, 0.25) is 0 Å². The average Bonchev–Trinajstić information content (AvgIpc) is 2.12. The molecule has 1 unspecified atom stereocenters. The summed E-state index contributed by atoms with van der Waals surface area (Å²) in [6.07, 6.45) is -9.38. The average molecular weight is 236 g/mol. The maximum absolute atomic E-state index is 12.5. The second-order valence-electron chi connectivity index (χ2n) is 2.64. The summed E-state index contributed by atoms with van der Waals surface area (Å²) in [5, 5.41) is 0. The molecule has 0 aromatic heterocycles. The Morgan fingerprint density at radius 1 is 1.13 bits per heavy atom. The first-order valence-corrected chi connectivity index (χ1v) is 3.73. The molecule has 0 aliphatic heterocycles. The lowest BCUT2D eigenvalue weighted by Gasteiger charge is -2.16. The Labute approximate surface area is 80.2 Å². The minimum atomic E-state index is -5.87. The lowest BCUT2D eigenvalue weighted by molar-refractivity contribution is -0.197. The molecule has 0 rings (SSSR count). The third-order valence-electron chi connectivity index (χ3n) is 1.50. The zero-order valence-corrected chi connectivity index (χ0v) is 7.37. The van der Waals surface area contributed by atoms with Crippen molar-refractivity contribution in [2.45, 2.75) is 31.6 Å². The third kappa shape index (κ3) is 2.93. The summed E-state index contributed by atoms with van der Waals surface area (Å²) in [6.45, 7) is 0.983. The van der Waals surface area contributed by atoms with E-state index in [-0.39, 0.29) is 0 Å². The van der Waals surface area contributed by atoms with E-state index in [1.54, 1.807) is 0 Å². The Balaban J connectivity index is 4.99. The molecule has 2 nitrogen and oxygen atoms in total. The van der Waals surface area contributed by atoms with Gasteiger partial charge in [0.05, 0.1) is 0 Å². The van der Waals surface area contributed by atoms with Gasteiger partial charge in [-0.3, -0.25) is 9.59 Å². The van der Waals surface area contributed by atoms with E-state index in [0.29, 0.717) is 0 Å². The highest BCUT2D eigenvalue weighted by Crippen LogP contribution is 2.30. The molecule has 0 aliphatic rings. The topological polar surface area (TPSA) is 34.1 Å². The summed E-state index contributed by atoms with van der Waals surface area (Å²) >= 11 is 0. The van der Waals surface area contributed by atoms with Gasteiger partial charge in [0.25, 0.3) is 0 Å². The Bertz CT molecular complexity index is 269. The van der Waals surface area contributed by atoms with E-state index in [9.17, 15) is 35.9 Å². The molecule has 0 N–H and O–H groups in total. The van der Waals surface area contributed by atoms with Crippen LogP contribution in [0.25, 0.3) is 0 Å². The van der Waals surface area contributed by atoms with Crippen LogP contribution in [0.15, 0.2) is 0 Å². The minimum Gasteiger partial charge on any atom is -0.289 e. The number of hydrogen-bond donors (Lipinski definition) is 0. The molecule has 0 fully saturated rings. The van der Waals surface area contributed by atoms with E-state index in [1.807, 2.05) is 0 Å². The Morgan fingerprint density at radius 2 is 1.53 bits per heavy atom. The molecule has 0 saturated carbocycles. The summed E-state index contributed by atoms with van der Waals surface area (Å²) in [7, 11) is 0. The van der Waals surface area contributed by atoms with Crippen LogP contribution in [0, 0.1) is 0 Å². The van der Waals surface area contributed by atoms with E-state index < -0.39 is 36.3 Å². The number of rotatable bonds is 4. The predicted molar refractivity (Wildman–Crippen MR) is 36.2 cm³/mol. The normalized spacial score (nSPS) is 14.9. The second-order valence-corrected chi connectivity index (χ2v) is 2.64. The van der Waals surface area contributed by atoms with Crippen LogP contribution in [0.4, 0.5) is 26.3 Å². The molecule has 0 spiro atoms. The van der Waals surface area contributed by atoms with Crippen molar-refractivity contribution >= 4 is 11.6 Å². The molecule has 8 heteroatoms. The zero-order chi connectivity index (χ0) is 12.4. The first-order valence-electron chi connectivity index (χ1n) is 3.73. The summed E-state index contributed by atoms with van der Waals surface area (Å²) in [6, 6.07) is 0. The molecular formula is C7H6F6O2. The summed E-state index contributed by atoms with van der Waals surface area (Å²) in [5.41, 5.74) is 0. The van der Waals surface area contributed by atoms with Crippen LogP contribution in [0.3, 0.4) is 0 Å². The van der Waals surface area contributed by atoms with E-state index in [2.05, 4.69) is 0 Å². The van der Waals surface area contributed by atoms with Crippen LogP contribution in [0.5, 0.6) is 0 Å². The van der Waals surface area contributed by atoms with Crippen molar-refractivity contribution < 1.29 is 35.9 Å². The molecule has 0 heterocycles. The molecule has 0 aromatic carbocycles. The molecular weight excluding hydrogens is 230 g/mol. The van der Waals surface area contributed by atoms with E-state index in [0.717, 1.165) is 6.92 Å². The van der Waals surface area contributed by atoms with Crippen LogP contribution in [-0.4, -0.2) is 29.8 Å². The van der Waals surface area contributed by atoms with Gasteiger partial charge in [-0.2, -0.15) is 22.0 Å². The smallest absolute Gasteiger partial charge is 0.289 e. The number of ketones is 2. The highest BCUT2D eigenvalue weighted by molar-refractivity contribution is 6.12. The van der Waals surface area contributed by atoms with Crippen molar-refractivity contribution in [3.8, 4) is 0 Å². The SMILES string of the molecule is CCC(F)C(=O)C(F)(F)C(=O)C(F)(F)F. The van der Waals surface area contributed by atoms with Gasteiger partial charge in [0.1, 0.15) is 0 Å². The Morgan fingerprint density at radius 3 is 1.80 bits per heavy atom. The van der Waals surface area contributed by atoms with Gasteiger partial charge in [-0.1, -0.05) is 6.92 Å². The van der Waals surface area contributed by atoms with Gasteiger partial charge in [-0.25, -0.2) is 4.39 Å². The molecule has 1 atom stereocenters. The van der Waals surface area contributed by atoms with E-state index in [4.69, 9.17) is 0 Å². The number of halogens is 6. The van der Waals surface area contributed by atoms with Gasteiger partial charge in [-0.05, 0) is 6.42 Å². The van der Waals surface area contributed by atoms with Crippen molar-refractivity contribution in [3.05, 3.63) is 0 Å². The highest BCUT2D eigenvalue weighted by Gasteiger charge is 2.60. The maximum atomic E-state index is 12.5. The summed E-state index contributed by atoms with van der Waals surface area (Å²) in [5.74, 6) is -11.6. The fraction of sp³-hybridized carbons (Fsp3) is 0.714. The van der Waals surface area contributed by atoms with Gasteiger partial charge in [-0.15, -0.1) is 0 Å². The number of carbonyl (C=O) groups is 2. The fourth-order valence-corrected chi connectivity index (χ4v) is 0.672. The third-order valence-corrected chi connectivity index (χ3v) is 1.50. The number of alkyl halides is 6. The number of carbonyl (C=O) groups excluding carboxylic acids is 2. The molecule has 0 radical (unpaired) electrons. The number of hydrogen-bond acceptors (Lipinski definition) is 2. The monoisotopic (exact) mass is 236 g/mol. The fourth-order valence-electron chi connectivity index (χ4n) is 0.672.